The number of nitrogens with zero attached hydrogens (tertiary/aromatic N) is 3. The van der Waals surface area contributed by atoms with Crippen molar-refractivity contribution in [1.29, 1.82) is 0 Å². The van der Waals surface area contributed by atoms with Crippen molar-refractivity contribution in [3.8, 4) is 34.6 Å². The molecule has 8 nitrogen and oxygen atoms in total. The Morgan fingerprint density at radius 1 is 0.939 bits per heavy atom. The average molecular weight is 444 g/mol. The van der Waals surface area contributed by atoms with Crippen molar-refractivity contribution in [2.75, 3.05) is 26.1 Å². The van der Waals surface area contributed by atoms with Crippen LogP contribution in [0.25, 0.3) is 17.1 Å². The summed E-state index contributed by atoms with van der Waals surface area (Å²) in [5.41, 5.74) is 2.81. The van der Waals surface area contributed by atoms with Crippen LogP contribution in [0.15, 0.2) is 72.8 Å². The molecule has 3 aromatic carbocycles. The Labute approximate surface area is 191 Å². The molecule has 0 unspecified atom stereocenters. The number of aromatic nitrogens is 3. The van der Waals surface area contributed by atoms with Gasteiger partial charge in [0.1, 0.15) is 11.5 Å². The van der Waals surface area contributed by atoms with E-state index in [0.717, 1.165) is 17.0 Å². The lowest BCUT2D eigenvalue weighted by atomic mass is 10.2. The lowest BCUT2D eigenvalue weighted by molar-refractivity contribution is 0.102. The average Bonchev–Trinajstić information content (AvgIpc) is 3.28. The SMILES string of the molecule is CCOc1nc(-c2ccc(OC)cc2)n(-c2ccc(NC(=O)c3cccc(OC)c3)cc2)n1. The highest BCUT2D eigenvalue weighted by Crippen LogP contribution is 2.26. The summed E-state index contributed by atoms with van der Waals surface area (Å²) in [5.74, 6) is 1.79. The molecule has 0 aliphatic heterocycles. The lowest BCUT2D eigenvalue weighted by Gasteiger charge is -2.09. The fourth-order valence-corrected chi connectivity index (χ4v) is 3.24. The Bertz CT molecular complexity index is 1230. The molecule has 0 radical (unpaired) electrons. The highest BCUT2D eigenvalue weighted by Gasteiger charge is 2.15. The van der Waals surface area contributed by atoms with Crippen LogP contribution in [0.3, 0.4) is 0 Å². The minimum Gasteiger partial charge on any atom is -0.497 e. The maximum absolute atomic E-state index is 12.6. The summed E-state index contributed by atoms with van der Waals surface area (Å²) in [6.45, 7) is 2.34. The molecule has 1 N–H and O–H groups in total. The second-order valence-corrected chi connectivity index (χ2v) is 7.02. The zero-order chi connectivity index (χ0) is 23.2. The first-order valence-corrected chi connectivity index (χ1v) is 10.4. The maximum atomic E-state index is 12.6. The molecule has 0 saturated carbocycles. The van der Waals surface area contributed by atoms with E-state index in [1.807, 2.05) is 55.5 Å². The minimum absolute atomic E-state index is 0.222. The van der Waals surface area contributed by atoms with Crippen LogP contribution in [0, 0.1) is 0 Å². The lowest BCUT2D eigenvalue weighted by Crippen LogP contribution is -2.12. The van der Waals surface area contributed by atoms with Crippen LogP contribution in [-0.4, -0.2) is 41.5 Å². The third-order valence-corrected chi connectivity index (χ3v) is 4.91. The van der Waals surface area contributed by atoms with Crippen LogP contribution in [-0.2, 0) is 0 Å². The number of hydrogen-bond acceptors (Lipinski definition) is 6. The van der Waals surface area contributed by atoms with E-state index in [0.29, 0.717) is 35.4 Å². The van der Waals surface area contributed by atoms with E-state index >= 15 is 0 Å². The van der Waals surface area contributed by atoms with Crippen molar-refractivity contribution < 1.29 is 19.0 Å². The molecular formula is C25H24N4O4. The van der Waals surface area contributed by atoms with Gasteiger partial charge in [0.05, 0.1) is 26.5 Å². The number of carbonyl (C=O) groups is 1. The van der Waals surface area contributed by atoms with Crippen molar-refractivity contribution in [2.45, 2.75) is 6.92 Å². The van der Waals surface area contributed by atoms with E-state index < -0.39 is 0 Å². The molecule has 0 bridgehead atoms. The molecule has 168 valence electrons. The van der Waals surface area contributed by atoms with Crippen molar-refractivity contribution in [3.05, 3.63) is 78.4 Å². The number of carbonyl (C=O) groups excluding carboxylic acids is 1. The van der Waals surface area contributed by atoms with Gasteiger partial charge in [0.25, 0.3) is 5.91 Å². The first-order chi connectivity index (χ1) is 16.1. The van der Waals surface area contributed by atoms with Gasteiger partial charge in [0.15, 0.2) is 5.82 Å². The first-order valence-electron chi connectivity index (χ1n) is 10.4. The van der Waals surface area contributed by atoms with Gasteiger partial charge in [-0.3, -0.25) is 4.79 Å². The Hall–Kier alpha value is -4.33. The van der Waals surface area contributed by atoms with Crippen molar-refractivity contribution >= 4 is 11.6 Å². The zero-order valence-corrected chi connectivity index (χ0v) is 18.6. The Kier molecular flexibility index (Phi) is 6.54. The molecule has 8 heteroatoms. The summed E-state index contributed by atoms with van der Waals surface area (Å²) in [5, 5.41) is 7.39. The van der Waals surface area contributed by atoms with Crippen molar-refractivity contribution in [2.24, 2.45) is 0 Å². The van der Waals surface area contributed by atoms with Gasteiger partial charge in [-0.15, -0.1) is 5.10 Å². The molecule has 1 heterocycles. The quantitative estimate of drug-likeness (QED) is 0.427. The predicted octanol–water partition coefficient (Wildman–Crippen LogP) is 4.60. The normalized spacial score (nSPS) is 10.5. The Morgan fingerprint density at radius 3 is 2.33 bits per heavy atom. The monoisotopic (exact) mass is 444 g/mol. The minimum atomic E-state index is -0.222. The number of methoxy groups -OCH3 is 2. The second kappa shape index (κ2) is 9.86. The molecule has 4 aromatic rings. The zero-order valence-electron chi connectivity index (χ0n) is 18.6. The molecule has 1 aromatic heterocycles. The van der Waals surface area contributed by atoms with Gasteiger partial charge in [-0.1, -0.05) is 6.07 Å². The summed E-state index contributed by atoms with van der Waals surface area (Å²) >= 11 is 0. The van der Waals surface area contributed by atoms with E-state index in [9.17, 15) is 4.79 Å². The molecule has 0 aliphatic carbocycles. The predicted molar refractivity (Wildman–Crippen MR) is 125 cm³/mol. The van der Waals surface area contributed by atoms with Crippen LogP contribution >= 0.6 is 0 Å². The highest BCUT2D eigenvalue weighted by atomic mass is 16.5. The fourth-order valence-electron chi connectivity index (χ4n) is 3.24. The van der Waals surface area contributed by atoms with E-state index in [-0.39, 0.29) is 5.91 Å². The topological polar surface area (TPSA) is 87.5 Å². The van der Waals surface area contributed by atoms with Gasteiger partial charge < -0.3 is 19.5 Å². The summed E-state index contributed by atoms with van der Waals surface area (Å²) in [6, 6.07) is 22.2. The van der Waals surface area contributed by atoms with Gasteiger partial charge in [-0.2, -0.15) is 4.98 Å². The van der Waals surface area contributed by atoms with Gasteiger partial charge in [-0.05, 0) is 73.7 Å². The number of rotatable bonds is 8. The third kappa shape index (κ3) is 4.95. The molecule has 1 amide bonds. The molecule has 0 saturated heterocycles. The molecule has 0 fully saturated rings. The number of nitrogens with one attached hydrogen (secondary N) is 1. The summed E-state index contributed by atoms with van der Waals surface area (Å²) in [7, 11) is 3.19. The van der Waals surface area contributed by atoms with Crippen LogP contribution < -0.4 is 19.5 Å². The van der Waals surface area contributed by atoms with Crippen LogP contribution in [0.2, 0.25) is 0 Å². The fraction of sp³-hybridized carbons (Fsp3) is 0.160. The summed E-state index contributed by atoms with van der Waals surface area (Å²) < 4.78 is 17.7. The highest BCUT2D eigenvalue weighted by molar-refractivity contribution is 6.04. The summed E-state index contributed by atoms with van der Waals surface area (Å²) in [4.78, 5) is 17.1. The molecule has 33 heavy (non-hydrogen) atoms. The molecule has 4 rings (SSSR count). The Morgan fingerprint density at radius 2 is 1.67 bits per heavy atom. The number of anilines is 1. The maximum Gasteiger partial charge on any atom is 0.336 e. The van der Waals surface area contributed by atoms with Gasteiger partial charge in [0.2, 0.25) is 0 Å². The molecule has 0 atom stereocenters. The van der Waals surface area contributed by atoms with Crippen LogP contribution in [0.5, 0.6) is 17.5 Å². The van der Waals surface area contributed by atoms with Gasteiger partial charge in [-0.25, -0.2) is 4.68 Å². The van der Waals surface area contributed by atoms with E-state index in [2.05, 4.69) is 15.4 Å². The van der Waals surface area contributed by atoms with Gasteiger partial charge in [0, 0.05) is 16.8 Å². The van der Waals surface area contributed by atoms with E-state index in [1.54, 1.807) is 43.2 Å². The van der Waals surface area contributed by atoms with Crippen LogP contribution in [0.1, 0.15) is 17.3 Å². The van der Waals surface area contributed by atoms with E-state index in [1.165, 1.54) is 0 Å². The molecule has 0 spiro atoms. The van der Waals surface area contributed by atoms with Crippen molar-refractivity contribution in [1.82, 2.24) is 14.8 Å². The molecule has 0 aliphatic rings. The van der Waals surface area contributed by atoms with E-state index in [4.69, 9.17) is 14.2 Å². The van der Waals surface area contributed by atoms with Crippen molar-refractivity contribution in [3.63, 3.8) is 0 Å². The number of ether oxygens (including phenoxy) is 3. The smallest absolute Gasteiger partial charge is 0.336 e. The largest absolute Gasteiger partial charge is 0.497 e. The summed E-state index contributed by atoms with van der Waals surface area (Å²) in [6.07, 6.45) is 0. The Balaban J connectivity index is 1.59. The first kappa shape index (κ1) is 21.9. The second-order valence-electron chi connectivity index (χ2n) is 7.02. The number of hydrogen-bond donors (Lipinski definition) is 1. The number of amides is 1. The van der Waals surface area contributed by atoms with Gasteiger partial charge >= 0.3 is 6.01 Å². The molecular weight excluding hydrogens is 420 g/mol. The standard InChI is InChI=1S/C25H24N4O4/c1-4-33-25-27-23(17-8-14-21(31-2)15-9-17)29(28-25)20-12-10-19(11-13-20)26-24(30)18-6-5-7-22(16-18)32-3/h5-16H,4H2,1-3H3,(H,26,30). The number of benzene rings is 3. The van der Waals surface area contributed by atoms with Crippen LogP contribution in [0.4, 0.5) is 5.69 Å². The third-order valence-electron chi connectivity index (χ3n) is 4.91.